The molecule has 68 heavy (non-hydrogen) atoms. The van der Waals surface area contributed by atoms with Gasteiger partial charge in [-0.05, 0) is 111 Å². The number of para-hydroxylation sites is 2. The van der Waals surface area contributed by atoms with Crippen LogP contribution in [-0.2, 0) is 5.41 Å². The monoisotopic (exact) mass is 866 g/mol. The molecule has 3 heteroatoms. The van der Waals surface area contributed by atoms with Crippen LogP contribution in [0.3, 0.4) is 0 Å². The molecule has 0 radical (unpaired) electrons. The molecule has 11 aromatic carbocycles. The summed E-state index contributed by atoms with van der Waals surface area (Å²) in [5.74, 6) is 0. The fourth-order valence-electron chi connectivity index (χ4n) is 11.5. The minimum Gasteiger partial charge on any atom is -0.456 e. The van der Waals surface area contributed by atoms with Gasteiger partial charge in [-0.25, -0.2) is 0 Å². The Hall–Kier alpha value is -8.92. The molecule has 3 nitrogen and oxygen atoms in total. The molecule has 13 aromatic rings. The van der Waals surface area contributed by atoms with Crippen molar-refractivity contribution in [2.75, 3.05) is 4.90 Å². The Balaban J connectivity index is 0.978. The lowest BCUT2D eigenvalue weighted by Gasteiger charge is -2.35. The zero-order valence-corrected chi connectivity index (χ0v) is 37.1. The second-order valence-corrected chi connectivity index (χ2v) is 18.0. The average Bonchev–Trinajstić information content (AvgIpc) is 4.06. The lowest BCUT2D eigenvalue weighted by Crippen LogP contribution is -2.28. The first kappa shape index (κ1) is 38.4. The molecule has 318 valence electrons. The molecule has 0 unspecified atom stereocenters. The summed E-state index contributed by atoms with van der Waals surface area (Å²) in [7, 11) is 0. The van der Waals surface area contributed by atoms with Crippen molar-refractivity contribution in [3.63, 3.8) is 0 Å². The first-order valence-electron chi connectivity index (χ1n) is 23.4. The minimum absolute atomic E-state index is 0.540. The molecule has 0 amide bonds. The SMILES string of the molecule is c1ccc(-n2c3cc(-c4ccc(N(c5ccc6c(c5)C(c5ccccc5)(c5ccccc5)c5ccccc5-6)c5cccc6oc7ccccc7c56)cc4)ccc3c3ccc4ccccc4c32)cc1. The molecule has 1 aliphatic carbocycles. The molecular weight excluding hydrogens is 825 g/mol. The Kier molecular flexibility index (Phi) is 8.50. The van der Waals surface area contributed by atoms with Crippen LogP contribution in [0.15, 0.2) is 259 Å². The predicted molar refractivity (Wildman–Crippen MR) is 283 cm³/mol. The lowest BCUT2D eigenvalue weighted by molar-refractivity contribution is 0.669. The topological polar surface area (TPSA) is 21.3 Å². The Morgan fingerprint density at radius 3 is 1.79 bits per heavy atom. The van der Waals surface area contributed by atoms with Crippen LogP contribution in [0.1, 0.15) is 22.3 Å². The maximum Gasteiger partial charge on any atom is 0.137 e. The summed E-state index contributed by atoms with van der Waals surface area (Å²) in [6.07, 6.45) is 0. The van der Waals surface area contributed by atoms with Crippen LogP contribution in [0.25, 0.3) is 82.5 Å². The van der Waals surface area contributed by atoms with Gasteiger partial charge in [-0.2, -0.15) is 0 Å². The van der Waals surface area contributed by atoms with Gasteiger partial charge in [0, 0.05) is 38.6 Å². The van der Waals surface area contributed by atoms with Crippen LogP contribution in [-0.4, -0.2) is 4.57 Å². The lowest BCUT2D eigenvalue weighted by atomic mass is 9.67. The Morgan fingerprint density at radius 1 is 0.382 bits per heavy atom. The summed E-state index contributed by atoms with van der Waals surface area (Å²) in [5, 5.41) is 7.14. The van der Waals surface area contributed by atoms with Gasteiger partial charge in [0.05, 0.1) is 27.5 Å². The normalized spacial score (nSPS) is 12.8. The van der Waals surface area contributed by atoms with E-state index in [0.29, 0.717) is 0 Å². The summed E-state index contributed by atoms with van der Waals surface area (Å²) in [6.45, 7) is 0. The predicted octanol–water partition coefficient (Wildman–Crippen LogP) is 17.3. The van der Waals surface area contributed by atoms with Gasteiger partial charge in [-0.3, -0.25) is 0 Å². The standard InChI is InChI=1S/C65H42N2O/c1-4-18-46(19-5-1)65(47-20-6-2-7-21-47)57-27-14-12-25-52(57)53-40-37-50(42-58(53)65)66(59-28-16-30-62-63(59)56-26-13-15-29-61(56)68-62)49-35-31-43(32-36-49)45-34-38-54-55-39-33-44-17-10-11-24-51(44)64(55)67(60(54)41-45)48-22-8-3-9-23-48/h1-42H. The number of anilines is 3. The van der Waals surface area contributed by atoms with Crippen LogP contribution in [0.2, 0.25) is 0 Å². The van der Waals surface area contributed by atoms with Crippen LogP contribution in [0.5, 0.6) is 0 Å². The summed E-state index contributed by atoms with van der Waals surface area (Å²) >= 11 is 0. The number of nitrogens with zero attached hydrogens (tertiary/aromatic N) is 2. The fraction of sp³-hybridized carbons (Fsp3) is 0.0154. The van der Waals surface area contributed by atoms with Crippen LogP contribution < -0.4 is 4.90 Å². The van der Waals surface area contributed by atoms with E-state index < -0.39 is 5.41 Å². The highest BCUT2D eigenvalue weighted by molar-refractivity contribution is 6.19. The summed E-state index contributed by atoms with van der Waals surface area (Å²) in [4.78, 5) is 2.43. The maximum absolute atomic E-state index is 6.55. The molecule has 0 saturated carbocycles. The summed E-state index contributed by atoms with van der Waals surface area (Å²) in [5.41, 5.74) is 17.8. The van der Waals surface area contributed by atoms with E-state index >= 15 is 0 Å². The quantitative estimate of drug-likeness (QED) is 0.159. The molecule has 14 rings (SSSR count). The minimum atomic E-state index is -0.540. The van der Waals surface area contributed by atoms with E-state index in [2.05, 4.69) is 258 Å². The molecule has 0 atom stereocenters. The summed E-state index contributed by atoms with van der Waals surface area (Å²) in [6, 6.07) is 93.1. The van der Waals surface area contributed by atoms with Crippen LogP contribution >= 0.6 is 0 Å². The van der Waals surface area contributed by atoms with E-state index in [9.17, 15) is 0 Å². The van der Waals surface area contributed by atoms with E-state index in [1.807, 2.05) is 6.07 Å². The molecule has 0 aliphatic heterocycles. The molecule has 1 aliphatic rings. The van der Waals surface area contributed by atoms with Crippen molar-refractivity contribution < 1.29 is 4.42 Å². The zero-order valence-electron chi connectivity index (χ0n) is 37.1. The van der Waals surface area contributed by atoms with Crippen molar-refractivity contribution in [3.8, 4) is 27.9 Å². The van der Waals surface area contributed by atoms with Crippen LogP contribution in [0.4, 0.5) is 17.1 Å². The zero-order chi connectivity index (χ0) is 44.8. The van der Waals surface area contributed by atoms with Gasteiger partial charge in [0.2, 0.25) is 0 Å². The second kappa shape index (κ2) is 15.1. The molecule has 0 N–H and O–H groups in total. The Bertz CT molecular complexity index is 4030. The Morgan fingerprint density at radius 2 is 1.00 bits per heavy atom. The van der Waals surface area contributed by atoms with Gasteiger partial charge in [0.25, 0.3) is 0 Å². The van der Waals surface area contributed by atoms with Crippen molar-refractivity contribution in [1.29, 1.82) is 0 Å². The molecule has 0 spiro atoms. The number of benzene rings is 11. The third-order valence-electron chi connectivity index (χ3n) is 14.4. The van der Waals surface area contributed by atoms with E-state index in [1.165, 1.54) is 66.0 Å². The van der Waals surface area contributed by atoms with Gasteiger partial charge in [0.15, 0.2) is 0 Å². The highest BCUT2D eigenvalue weighted by atomic mass is 16.3. The third-order valence-corrected chi connectivity index (χ3v) is 14.4. The first-order chi connectivity index (χ1) is 33.7. The van der Waals surface area contributed by atoms with Gasteiger partial charge < -0.3 is 13.9 Å². The highest BCUT2D eigenvalue weighted by Crippen LogP contribution is 2.57. The van der Waals surface area contributed by atoms with E-state index in [-0.39, 0.29) is 0 Å². The maximum atomic E-state index is 6.55. The molecular formula is C65H42N2O. The first-order valence-corrected chi connectivity index (χ1v) is 23.4. The summed E-state index contributed by atoms with van der Waals surface area (Å²) < 4.78 is 8.99. The van der Waals surface area contributed by atoms with E-state index in [4.69, 9.17) is 4.42 Å². The smallest absolute Gasteiger partial charge is 0.137 e. The van der Waals surface area contributed by atoms with Crippen molar-refractivity contribution >= 4 is 71.6 Å². The van der Waals surface area contributed by atoms with Crippen molar-refractivity contribution in [1.82, 2.24) is 4.57 Å². The number of aromatic nitrogens is 1. The number of hydrogen-bond acceptors (Lipinski definition) is 2. The van der Waals surface area contributed by atoms with Gasteiger partial charge >= 0.3 is 0 Å². The highest BCUT2D eigenvalue weighted by Gasteiger charge is 2.46. The van der Waals surface area contributed by atoms with Crippen molar-refractivity contribution in [2.24, 2.45) is 0 Å². The van der Waals surface area contributed by atoms with Gasteiger partial charge in [-0.1, -0.05) is 194 Å². The third kappa shape index (κ3) is 5.60. The fourth-order valence-corrected chi connectivity index (χ4v) is 11.5. The van der Waals surface area contributed by atoms with Crippen LogP contribution in [0, 0.1) is 0 Å². The second-order valence-electron chi connectivity index (χ2n) is 18.0. The molecule has 0 saturated heterocycles. The average molecular weight is 867 g/mol. The number of furan rings is 1. The van der Waals surface area contributed by atoms with Crippen molar-refractivity contribution in [2.45, 2.75) is 5.41 Å². The van der Waals surface area contributed by atoms with E-state index in [0.717, 1.165) is 55.8 Å². The van der Waals surface area contributed by atoms with Gasteiger partial charge in [-0.15, -0.1) is 0 Å². The number of fused-ring (bicyclic) bond motifs is 11. The van der Waals surface area contributed by atoms with Crippen molar-refractivity contribution in [3.05, 3.63) is 277 Å². The van der Waals surface area contributed by atoms with E-state index in [1.54, 1.807) is 0 Å². The Labute approximate surface area is 394 Å². The molecule has 2 aromatic heterocycles. The van der Waals surface area contributed by atoms with Gasteiger partial charge in [0.1, 0.15) is 11.2 Å². The molecule has 0 fully saturated rings. The number of hydrogen-bond donors (Lipinski definition) is 0. The largest absolute Gasteiger partial charge is 0.456 e. The molecule has 0 bridgehead atoms. The number of rotatable bonds is 7. The molecule has 2 heterocycles.